The van der Waals surface area contributed by atoms with Crippen LogP contribution in [0.2, 0.25) is 0 Å². The first-order valence-corrected chi connectivity index (χ1v) is 11.3. The highest BCUT2D eigenvalue weighted by molar-refractivity contribution is 5.97. The Bertz CT molecular complexity index is 885. The number of nitrogens with two attached hydrogens (primary N) is 1. The third-order valence-electron chi connectivity index (χ3n) is 5.85. The van der Waals surface area contributed by atoms with Gasteiger partial charge in [0, 0.05) is 12.5 Å². The van der Waals surface area contributed by atoms with Crippen LogP contribution in [0.4, 0.5) is 0 Å². The Kier molecular flexibility index (Phi) is 10.6. The highest BCUT2D eigenvalue weighted by Crippen LogP contribution is 2.30. The lowest BCUT2D eigenvalue weighted by Crippen LogP contribution is -3.00. The topological polar surface area (TPSA) is 83.4 Å². The van der Waals surface area contributed by atoms with Crippen LogP contribution in [0.5, 0.6) is 11.5 Å². The summed E-state index contributed by atoms with van der Waals surface area (Å²) in [7, 11) is 0. The van der Waals surface area contributed by atoms with Crippen molar-refractivity contribution in [3.8, 4) is 11.5 Å². The molecule has 1 aliphatic rings. The molecule has 0 saturated heterocycles. The number of hydrogen-bond donors (Lipinski definition) is 3. The molecule has 2 atom stereocenters. The zero-order valence-electron chi connectivity index (χ0n) is 18.7. The van der Waals surface area contributed by atoms with Gasteiger partial charge >= 0.3 is 5.97 Å². The second kappa shape index (κ2) is 13.1. The van der Waals surface area contributed by atoms with Gasteiger partial charge < -0.3 is 32.7 Å². The van der Waals surface area contributed by atoms with Gasteiger partial charge in [-0.3, -0.25) is 0 Å². The number of phenols is 2. The third-order valence-corrected chi connectivity index (χ3v) is 5.85. The molecule has 0 radical (unpaired) electrons. The normalized spacial score (nSPS) is 20.8. The summed E-state index contributed by atoms with van der Waals surface area (Å²) >= 11 is 0. The number of benzene rings is 2. The molecule has 0 aliphatic carbocycles. The maximum Gasteiger partial charge on any atom is 0.342 e. The SMILES string of the molecule is C[C@H]1CCC[C@@H]([NH2+]CCc2ccccc2)CCC/C=C/c2cc(O)cc(O)c2C(=O)O1.[Cl-]. The lowest BCUT2D eigenvalue weighted by Gasteiger charge is -2.19. The number of phenolic OH excluding ortho intramolecular Hbond substituents is 2. The van der Waals surface area contributed by atoms with E-state index >= 15 is 0 Å². The fraction of sp³-hybridized carbons (Fsp3) is 0.423. The lowest BCUT2D eigenvalue weighted by molar-refractivity contribution is -0.690. The number of halogens is 1. The van der Waals surface area contributed by atoms with Gasteiger partial charge in [0.1, 0.15) is 17.1 Å². The van der Waals surface area contributed by atoms with Gasteiger partial charge in [0.25, 0.3) is 0 Å². The number of ether oxygens (including phenoxy) is 1. The number of rotatable bonds is 4. The fourth-order valence-corrected chi connectivity index (χ4v) is 4.17. The van der Waals surface area contributed by atoms with Gasteiger partial charge in [0.2, 0.25) is 0 Å². The van der Waals surface area contributed by atoms with Crippen molar-refractivity contribution < 1.29 is 37.5 Å². The molecule has 2 aromatic carbocycles. The van der Waals surface area contributed by atoms with Crippen LogP contribution in [-0.2, 0) is 11.2 Å². The number of cyclic esters (lactones) is 1. The Balaban J connectivity index is 0.00000363. The molecule has 5 nitrogen and oxygen atoms in total. The summed E-state index contributed by atoms with van der Waals surface area (Å²) < 4.78 is 5.59. The maximum absolute atomic E-state index is 12.7. The quantitative estimate of drug-likeness (QED) is 0.600. The van der Waals surface area contributed by atoms with Gasteiger partial charge in [0.05, 0.1) is 18.7 Å². The van der Waals surface area contributed by atoms with Crippen molar-refractivity contribution >= 4 is 12.0 Å². The van der Waals surface area contributed by atoms with Crippen LogP contribution in [0.15, 0.2) is 48.5 Å². The smallest absolute Gasteiger partial charge is 0.342 e. The largest absolute Gasteiger partial charge is 1.00 e. The summed E-state index contributed by atoms with van der Waals surface area (Å²) in [4.78, 5) is 12.7. The van der Waals surface area contributed by atoms with E-state index in [1.54, 1.807) is 6.08 Å². The molecule has 174 valence electrons. The van der Waals surface area contributed by atoms with Gasteiger partial charge in [-0.2, -0.15) is 0 Å². The highest BCUT2D eigenvalue weighted by atomic mass is 35.5. The average molecular weight is 460 g/mol. The average Bonchev–Trinajstić information content (AvgIpc) is 2.72. The lowest BCUT2D eigenvalue weighted by atomic mass is 10.00. The van der Waals surface area contributed by atoms with Crippen LogP contribution in [0.1, 0.15) is 66.9 Å². The van der Waals surface area contributed by atoms with Crippen LogP contribution < -0.4 is 17.7 Å². The van der Waals surface area contributed by atoms with E-state index in [0.717, 1.165) is 51.5 Å². The standard InChI is InChI=1S/C26H33NO4.ClH/c1-19-9-8-14-22(27-16-15-20-10-4-2-5-11-20)13-7-3-6-12-21-17-23(28)18-24(29)25(21)26(30)31-19;/h2,4-6,10-12,17-19,22,27-29H,3,7-9,13-16H2,1H3;1H/b12-6+;/t19-,22-;/m0./s1. The molecule has 3 rings (SSSR count). The molecule has 2 aromatic rings. The van der Waals surface area contributed by atoms with Crippen molar-refractivity contribution in [1.29, 1.82) is 0 Å². The number of quaternary nitrogens is 1. The number of carbonyl (C=O) groups excluding carboxylic acids is 1. The summed E-state index contributed by atoms with van der Waals surface area (Å²) in [5.74, 6) is -0.874. The zero-order chi connectivity index (χ0) is 22.1. The minimum atomic E-state index is -0.548. The van der Waals surface area contributed by atoms with Gasteiger partial charge in [0.15, 0.2) is 0 Å². The molecule has 6 heteroatoms. The molecule has 0 spiro atoms. The number of aromatic hydroxyl groups is 2. The van der Waals surface area contributed by atoms with Gasteiger partial charge in [-0.15, -0.1) is 0 Å². The molecule has 0 fully saturated rings. The fourth-order valence-electron chi connectivity index (χ4n) is 4.17. The van der Waals surface area contributed by atoms with Crippen molar-refractivity contribution in [3.63, 3.8) is 0 Å². The summed E-state index contributed by atoms with van der Waals surface area (Å²) in [6.45, 7) is 2.96. The molecular formula is C26H34ClNO4. The number of carbonyl (C=O) groups is 1. The number of hydrogen-bond acceptors (Lipinski definition) is 4. The van der Waals surface area contributed by atoms with Crippen molar-refractivity contribution in [1.82, 2.24) is 0 Å². The monoisotopic (exact) mass is 459 g/mol. The van der Waals surface area contributed by atoms with Crippen molar-refractivity contribution in [2.45, 2.75) is 64.0 Å². The van der Waals surface area contributed by atoms with E-state index in [-0.39, 0.29) is 35.6 Å². The first-order valence-electron chi connectivity index (χ1n) is 11.3. The summed E-state index contributed by atoms with van der Waals surface area (Å²) in [5, 5.41) is 22.5. The number of esters is 1. The molecule has 1 aliphatic heterocycles. The van der Waals surface area contributed by atoms with Crippen LogP contribution in [0.3, 0.4) is 0 Å². The molecule has 32 heavy (non-hydrogen) atoms. The summed E-state index contributed by atoms with van der Waals surface area (Å²) in [5.41, 5.74) is 1.97. The van der Waals surface area contributed by atoms with Crippen LogP contribution in [0, 0.1) is 0 Å². The Hall–Kier alpha value is -2.50. The summed E-state index contributed by atoms with van der Waals surface area (Å²) in [6, 6.07) is 13.8. The number of allylic oxidation sites excluding steroid dienone is 1. The predicted molar refractivity (Wildman–Crippen MR) is 122 cm³/mol. The van der Waals surface area contributed by atoms with E-state index in [1.807, 2.05) is 19.1 Å². The highest BCUT2D eigenvalue weighted by Gasteiger charge is 2.21. The van der Waals surface area contributed by atoms with E-state index in [9.17, 15) is 15.0 Å². The molecule has 0 saturated carbocycles. The molecule has 0 amide bonds. The van der Waals surface area contributed by atoms with E-state index < -0.39 is 5.97 Å². The molecule has 0 bridgehead atoms. The second-order valence-electron chi connectivity index (χ2n) is 8.43. The Labute approximate surface area is 196 Å². The first-order chi connectivity index (χ1) is 15.0. The van der Waals surface area contributed by atoms with Crippen LogP contribution in [0.25, 0.3) is 6.08 Å². The molecule has 1 heterocycles. The third kappa shape index (κ3) is 7.88. The van der Waals surface area contributed by atoms with E-state index in [2.05, 4.69) is 29.6 Å². The maximum atomic E-state index is 12.7. The molecule has 0 unspecified atom stereocenters. The molecule has 4 N–H and O–H groups in total. The number of fused-ring (bicyclic) bond motifs is 1. The Morgan fingerprint density at radius 1 is 1.06 bits per heavy atom. The Morgan fingerprint density at radius 3 is 2.59 bits per heavy atom. The van der Waals surface area contributed by atoms with Gasteiger partial charge in [-0.25, -0.2) is 4.79 Å². The predicted octanol–water partition coefficient (Wildman–Crippen LogP) is 1.19. The van der Waals surface area contributed by atoms with Gasteiger partial charge in [-0.05, 0) is 62.6 Å². The molecule has 0 aromatic heterocycles. The minimum Gasteiger partial charge on any atom is -1.00 e. The van der Waals surface area contributed by atoms with E-state index in [0.29, 0.717) is 11.6 Å². The summed E-state index contributed by atoms with van der Waals surface area (Å²) in [6.07, 6.45) is 10.6. The van der Waals surface area contributed by atoms with Gasteiger partial charge in [-0.1, -0.05) is 42.5 Å². The van der Waals surface area contributed by atoms with Crippen molar-refractivity contribution in [2.75, 3.05) is 6.54 Å². The Morgan fingerprint density at radius 2 is 1.81 bits per heavy atom. The zero-order valence-corrected chi connectivity index (χ0v) is 19.4. The van der Waals surface area contributed by atoms with Crippen LogP contribution in [-0.4, -0.2) is 34.9 Å². The van der Waals surface area contributed by atoms with Crippen molar-refractivity contribution in [3.05, 3.63) is 65.2 Å². The molecular weight excluding hydrogens is 426 g/mol. The van der Waals surface area contributed by atoms with E-state index in [4.69, 9.17) is 4.74 Å². The second-order valence-corrected chi connectivity index (χ2v) is 8.43. The minimum absolute atomic E-state index is 0. The first kappa shape index (κ1) is 25.8. The van der Waals surface area contributed by atoms with Crippen molar-refractivity contribution in [2.24, 2.45) is 0 Å². The van der Waals surface area contributed by atoms with E-state index in [1.165, 1.54) is 17.7 Å². The van der Waals surface area contributed by atoms with Crippen LogP contribution >= 0.6 is 0 Å².